The van der Waals surface area contributed by atoms with Gasteiger partial charge in [0.25, 0.3) is 5.91 Å². The van der Waals surface area contributed by atoms with Gasteiger partial charge in [0, 0.05) is 43.7 Å². The number of likely N-dealkylation sites (N-methyl/N-ethyl adjacent to an activating group) is 1. The minimum atomic E-state index is -0.140. The number of amides is 1. The van der Waals surface area contributed by atoms with Gasteiger partial charge in [-0.25, -0.2) is 4.98 Å². The Hall–Kier alpha value is -2.74. The Morgan fingerprint density at radius 1 is 1.10 bits per heavy atom. The molecule has 4 rings (SSSR count). The van der Waals surface area contributed by atoms with E-state index in [1.807, 2.05) is 47.8 Å². The predicted molar refractivity (Wildman–Crippen MR) is 125 cm³/mol. The number of thiazole rings is 1. The molecule has 1 aromatic heterocycles. The maximum absolute atomic E-state index is 13.1. The third-order valence-corrected chi connectivity index (χ3v) is 6.51. The van der Waals surface area contributed by atoms with Gasteiger partial charge < -0.3 is 15.0 Å². The molecule has 162 valence electrons. The second-order valence-electron chi connectivity index (χ2n) is 7.81. The molecule has 1 N–H and O–H groups in total. The van der Waals surface area contributed by atoms with Gasteiger partial charge in [-0.1, -0.05) is 30.3 Å². The minimum absolute atomic E-state index is 0.0803. The maximum Gasteiger partial charge on any atom is 0.271 e. The Bertz CT molecular complexity index is 982. The molecule has 1 amide bonds. The summed E-state index contributed by atoms with van der Waals surface area (Å²) < 4.78 is 5.21. The van der Waals surface area contributed by atoms with Crippen LogP contribution in [0.25, 0.3) is 10.6 Å². The first-order chi connectivity index (χ1) is 15.1. The van der Waals surface area contributed by atoms with Gasteiger partial charge in [-0.15, -0.1) is 11.3 Å². The van der Waals surface area contributed by atoms with E-state index in [-0.39, 0.29) is 11.9 Å². The van der Waals surface area contributed by atoms with E-state index in [0.717, 1.165) is 54.6 Å². The quantitative estimate of drug-likeness (QED) is 0.614. The Morgan fingerprint density at radius 3 is 2.48 bits per heavy atom. The zero-order chi connectivity index (χ0) is 21.6. The molecule has 2 heterocycles. The molecule has 3 aromatic rings. The number of hydrogen-bond acceptors (Lipinski definition) is 6. The number of carbonyl (C=O) groups is 1. The number of ether oxygens (including phenoxy) is 1. The topological polar surface area (TPSA) is 57.7 Å². The lowest BCUT2D eigenvalue weighted by Gasteiger charge is -2.35. The lowest BCUT2D eigenvalue weighted by atomic mass is 10.1. The van der Waals surface area contributed by atoms with Crippen molar-refractivity contribution in [2.75, 3.05) is 46.9 Å². The lowest BCUT2D eigenvalue weighted by molar-refractivity contribution is 0.0903. The van der Waals surface area contributed by atoms with E-state index in [9.17, 15) is 4.79 Å². The summed E-state index contributed by atoms with van der Waals surface area (Å²) in [4.78, 5) is 22.4. The fourth-order valence-corrected chi connectivity index (χ4v) is 4.49. The van der Waals surface area contributed by atoms with Crippen molar-refractivity contribution in [3.8, 4) is 16.3 Å². The van der Waals surface area contributed by atoms with E-state index in [4.69, 9.17) is 4.74 Å². The van der Waals surface area contributed by atoms with Gasteiger partial charge in [0.1, 0.15) is 16.5 Å². The van der Waals surface area contributed by atoms with Crippen LogP contribution in [0.5, 0.6) is 5.75 Å². The van der Waals surface area contributed by atoms with Crippen LogP contribution in [0.3, 0.4) is 0 Å². The molecule has 0 spiro atoms. The number of nitrogens with zero attached hydrogens (tertiary/aromatic N) is 3. The van der Waals surface area contributed by atoms with E-state index in [2.05, 4.69) is 39.3 Å². The molecule has 0 saturated carbocycles. The number of methoxy groups -OCH3 is 1. The van der Waals surface area contributed by atoms with Crippen molar-refractivity contribution < 1.29 is 9.53 Å². The smallest absolute Gasteiger partial charge is 0.271 e. The fraction of sp³-hybridized carbons (Fsp3) is 0.333. The van der Waals surface area contributed by atoms with Crippen LogP contribution in [0, 0.1) is 0 Å². The third-order valence-electron chi connectivity index (χ3n) is 5.62. The summed E-state index contributed by atoms with van der Waals surface area (Å²) >= 11 is 1.47. The summed E-state index contributed by atoms with van der Waals surface area (Å²) in [7, 11) is 3.79. The first-order valence-electron chi connectivity index (χ1n) is 10.5. The Labute approximate surface area is 187 Å². The molecule has 1 aliphatic rings. The number of benzene rings is 2. The van der Waals surface area contributed by atoms with Crippen LogP contribution in [0.1, 0.15) is 22.1 Å². The van der Waals surface area contributed by atoms with E-state index < -0.39 is 0 Å². The van der Waals surface area contributed by atoms with E-state index in [0.29, 0.717) is 5.69 Å². The number of aromatic nitrogens is 1. The van der Waals surface area contributed by atoms with Crippen molar-refractivity contribution in [1.82, 2.24) is 20.1 Å². The highest BCUT2D eigenvalue weighted by molar-refractivity contribution is 7.13. The molecule has 2 aromatic carbocycles. The summed E-state index contributed by atoms with van der Waals surface area (Å²) in [6, 6.07) is 17.8. The molecule has 6 nitrogen and oxygen atoms in total. The molecular weight excluding hydrogens is 408 g/mol. The van der Waals surface area contributed by atoms with Crippen LogP contribution in [-0.2, 0) is 0 Å². The van der Waals surface area contributed by atoms with Crippen LogP contribution < -0.4 is 10.1 Å². The number of rotatable bonds is 7. The first-order valence-corrected chi connectivity index (χ1v) is 11.4. The maximum atomic E-state index is 13.1. The summed E-state index contributed by atoms with van der Waals surface area (Å²) in [6.45, 7) is 4.90. The van der Waals surface area contributed by atoms with Crippen LogP contribution in [-0.4, -0.2) is 67.6 Å². The number of hydrogen-bond donors (Lipinski definition) is 1. The lowest BCUT2D eigenvalue weighted by Crippen LogP contribution is -2.47. The molecule has 0 aliphatic carbocycles. The Kier molecular flexibility index (Phi) is 6.96. The van der Waals surface area contributed by atoms with Crippen LogP contribution in [0.15, 0.2) is 60.0 Å². The zero-order valence-corrected chi connectivity index (χ0v) is 18.8. The Balaban J connectivity index is 1.47. The first kappa shape index (κ1) is 21.5. The predicted octanol–water partition coefficient (Wildman–Crippen LogP) is 3.54. The molecule has 0 bridgehead atoms. The summed E-state index contributed by atoms with van der Waals surface area (Å²) in [5.41, 5.74) is 2.54. The van der Waals surface area contributed by atoms with Gasteiger partial charge in [0.2, 0.25) is 0 Å². The fourth-order valence-electron chi connectivity index (χ4n) is 3.68. The van der Waals surface area contributed by atoms with Gasteiger partial charge in [0.05, 0.1) is 13.2 Å². The molecule has 31 heavy (non-hydrogen) atoms. The van der Waals surface area contributed by atoms with Crippen LogP contribution in [0.4, 0.5) is 0 Å². The van der Waals surface area contributed by atoms with Gasteiger partial charge in [0.15, 0.2) is 0 Å². The number of carbonyl (C=O) groups excluding carboxylic acids is 1. The zero-order valence-electron chi connectivity index (χ0n) is 18.0. The minimum Gasteiger partial charge on any atom is -0.497 e. The standard InChI is InChI=1S/C24H28N4O2S/c1-27-12-14-28(15-13-27)16-21(18-6-4-3-5-7-18)25-23(29)22-17-31-24(26-22)19-8-10-20(30-2)11-9-19/h3-11,17,21H,12-16H2,1-2H3,(H,25,29). The third kappa shape index (κ3) is 5.50. The number of nitrogens with one attached hydrogen (secondary N) is 1. The molecular formula is C24H28N4O2S. The highest BCUT2D eigenvalue weighted by Gasteiger charge is 2.22. The average Bonchev–Trinajstić information content (AvgIpc) is 3.31. The normalized spacial score (nSPS) is 16.1. The van der Waals surface area contributed by atoms with Crippen molar-refractivity contribution in [2.24, 2.45) is 0 Å². The Morgan fingerprint density at radius 2 is 1.81 bits per heavy atom. The molecule has 1 saturated heterocycles. The van der Waals surface area contributed by atoms with Crippen LogP contribution >= 0.6 is 11.3 Å². The molecule has 1 fully saturated rings. The average molecular weight is 437 g/mol. The van der Waals surface area contributed by atoms with Crippen molar-refractivity contribution in [3.63, 3.8) is 0 Å². The monoisotopic (exact) mass is 436 g/mol. The second kappa shape index (κ2) is 10.0. The highest BCUT2D eigenvalue weighted by Crippen LogP contribution is 2.26. The van der Waals surface area contributed by atoms with Crippen molar-refractivity contribution in [3.05, 3.63) is 71.2 Å². The van der Waals surface area contributed by atoms with Crippen molar-refractivity contribution in [1.29, 1.82) is 0 Å². The highest BCUT2D eigenvalue weighted by atomic mass is 32.1. The van der Waals surface area contributed by atoms with E-state index >= 15 is 0 Å². The largest absolute Gasteiger partial charge is 0.497 e. The van der Waals surface area contributed by atoms with Crippen molar-refractivity contribution >= 4 is 17.2 Å². The van der Waals surface area contributed by atoms with Crippen LogP contribution in [0.2, 0.25) is 0 Å². The molecule has 1 unspecified atom stereocenters. The SMILES string of the molecule is COc1ccc(-c2nc(C(=O)NC(CN3CCN(C)CC3)c3ccccc3)cs2)cc1. The van der Waals surface area contributed by atoms with E-state index in [1.54, 1.807) is 7.11 Å². The van der Waals surface area contributed by atoms with Gasteiger partial charge in [-0.3, -0.25) is 9.69 Å². The molecule has 1 atom stereocenters. The number of piperazine rings is 1. The second-order valence-corrected chi connectivity index (χ2v) is 8.67. The van der Waals surface area contributed by atoms with Gasteiger partial charge >= 0.3 is 0 Å². The summed E-state index contributed by atoms with van der Waals surface area (Å²) in [6.07, 6.45) is 0. The summed E-state index contributed by atoms with van der Waals surface area (Å²) in [5.74, 6) is 0.659. The molecule has 7 heteroatoms. The van der Waals surface area contributed by atoms with Crippen molar-refractivity contribution in [2.45, 2.75) is 6.04 Å². The molecule has 0 radical (unpaired) electrons. The van der Waals surface area contributed by atoms with E-state index in [1.165, 1.54) is 11.3 Å². The van der Waals surface area contributed by atoms with Gasteiger partial charge in [-0.2, -0.15) is 0 Å². The summed E-state index contributed by atoms with van der Waals surface area (Å²) in [5, 5.41) is 5.87. The molecule has 1 aliphatic heterocycles. The van der Waals surface area contributed by atoms with Gasteiger partial charge in [-0.05, 0) is 36.9 Å².